The molecule has 0 unspecified atom stereocenters. The molecule has 10 heteroatoms. The van der Waals surface area contributed by atoms with Gasteiger partial charge in [-0.05, 0) is 110 Å². The van der Waals surface area contributed by atoms with E-state index >= 15 is 0 Å². The van der Waals surface area contributed by atoms with Gasteiger partial charge in [0.25, 0.3) is 0 Å². The summed E-state index contributed by atoms with van der Waals surface area (Å²) in [5.41, 5.74) is 4.09. The number of ether oxygens (including phenoxy) is 2. The molecule has 9 nitrogen and oxygen atoms in total. The fourth-order valence-corrected chi connectivity index (χ4v) is 6.83. The van der Waals surface area contributed by atoms with Gasteiger partial charge < -0.3 is 14.5 Å². The summed E-state index contributed by atoms with van der Waals surface area (Å²) in [5.74, 6) is 0.795. The highest BCUT2D eigenvalue weighted by molar-refractivity contribution is 7.18. The van der Waals surface area contributed by atoms with Gasteiger partial charge in [-0.3, -0.25) is 14.8 Å². The highest BCUT2D eigenvalue weighted by atomic mass is 32.1. The molecule has 2 aliphatic heterocycles. The standard InChI is InChI=1S/C36H47N5O4S/c1-23(21-37-24(2)28-11-9-19-40(28)33(42)44-35(3,4)5)25-13-15-26(16-14-25)30-17-18-31(46-30)27-22-38-32(39-27)29-12-10-20-41(29)34(43)45-36(6,7)8/h13-18,21-22,28-29H,9-12,19-20H2,1-8H3,(H,38,39)/b23-21+,37-24?/t28-,29-/m0/s1. The fraction of sp³-hybridized carbons (Fsp3) is 0.500. The molecule has 2 amide bonds. The molecule has 0 radical (unpaired) electrons. The molecule has 2 atom stereocenters. The molecule has 1 aromatic carbocycles. The van der Waals surface area contributed by atoms with Crippen LogP contribution in [0, 0.1) is 0 Å². The van der Waals surface area contributed by atoms with Crippen molar-refractivity contribution >= 4 is 34.8 Å². The molecule has 4 heterocycles. The first kappa shape index (κ1) is 33.4. The lowest BCUT2D eigenvalue weighted by molar-refractivity contribution is 0.0216. The number of hydrogen-bond acceptors (Lipinski definition) is 7. The minimum atomic E-state index is -0.534. The smallest absolute Gasteiger partial charge is 0.410 e. The van der Waals surface area contributed by atoms with Crippen molar-refractivity contribution in [3.8, 4) is 21.0 Å². The summed E-state index contributed by atoms with van der Waals surface area (Å²) in [4.78, 5) is 44.2. The third-order valence-electron chi connectivity index (χ3n) is 8.11. The highest BCUT2D eigenvalue weighted by Gasteiger charge is 2.35. The van der Waals surface area contributed by atoms with E-state index in [0.29, 0.717) is 13.1 Å². The summed E-state index contributed by atoms with van der Waals surface area (Å²) in [5, 5.41) is 0. The number of aromatic nitrogens is 2. The van der Waals surface area contributed by atoms with Gasteiger partial charge in [0.2, 0.25) is 0 Å². The average Bonchev–Trinajstić information content (AvgIpc) is 3.79. The van der Waals surface area contributed by atoms with Gasteiger partial charge in [0.15, 0.2) is 0 Å². The molecule has 0 saturated carbocycles. The Kier molecular flexibility index (Phi) is 9.77. The van der Waals surface area contributed by atoms with E-state index in [1.165, 1.54) is 0 Å². The molecule has 0 spiro atoms. The average molecular weight is 646 g/mol. The molecule has 2 aliphatic rings. The summed E-state index contributed by atoms with van der Waals surface area (Å²) in [7, 11) is 0. The number of aromatic amines is 1. The number of benzene rings is 1. The second-order valence-electron chi connectivity index (χ2n) is 14.2. The SMILES string of the molecule is CC(=N/C=C(\C)c1ccc(-c2ccc(-c3cnc([C@@H]4CCCN4C(=O)OC(C)(C)C)[nH]3)s2)cc1)[C@@H]1CCCN1C(=O)OC(C)(C)C. The second-order valence-corrected chi connectivity index (χ2v) is 15.3. The van der Waals surface area contributed by atoms with Gasteiger partial charge in [-0.15, -0.1) is 11.3 Å². The number of thiophene rings is 1. The summed E-state index contributed by atoms with van der Waals surface area (Å²) in [6.07, 6.45) is 6.80. The minimum Gasteiger partial charge on any atom is -0.444 e. The van der Waals surface area contributed by atoms with Crippen molar-refractivity contribution in [2.75, 3.05) is 13.1 Å². The fourth-order valence-electron chi connectivity index (χ4n) is 5.86. The molecule has 3 aromatic rings. The molecule has 0 aliphatic carbocycles. The molecular weight excluding hydrogens is 598 g/mol. The zero-order chi connectivity index (χ0) is 33.2. The second kappa shape index (κ2) is 13.4. The van der Waals surface area contributed by atoms with Crippen molar-refractivity contribution in [2.45, 2.75) is 104 Å². The van der Waals surface area contributed by atoms with Gasteiger partial charge in [-0.2, -0.15) is 0 Å². The molecule has 2 fully saturated rings. The van der Waals surface area contributed by atoms with Crippen molar-refractivity contribution in [3.05, 3.63) is 60.2 Å². The number of amides is 2. The minimum absolute atomic E-state index is 0.0395. The van der Waals surface area contributed by atoms with Crippen molar-refractivity contribution in [1.29, 1.82) is 0 Å². The first-order valence-electron chi connectivity index (χ1n) is 16.1. The third-order valence-corrected chi connectivity index (χ3v) is 9.28. The lowest BCUT2D eigenvalue weighted by atomic mass is 10.1. The molecule has 5 rings (SSSR count). The maximum absolute atomic E-state index is 12.8. The predicted octanol–water partition coefficient (Wildman–Crippen LogP) is 9.10. The Balaban J connectivity index is 1.23. The number of nitrogens with zero attached hydrogens (tertiary/aromatic N) is 4. The van der Waals surface area contributed by atoms with Crippen molar-refractivity contribution in [2.24, 2.45) is 4.99 Å². The maximum atomic E-state index is 12.8. The number of hydrogen-bond donors (Lipinski definition) is 1. The monoisotopic (exact) mass is 645 g/mol. The summed E-state index contributed by atoms with van der Waals surface area (Å²) < 4.78 is 11.2. The number of aliphatic imine (C=N–C) groups is 1. The molecule has 2 saturated heterocycles. The van der Waals surface area contributed by atoms with Gasteiger partial charge in [-0.25, -0.2) is 14.6 Å². The number of imidazole rings is 1. The number of nitrogens with one attached hydrogen (secondary N) is 1. The Morgan fingerprint density at radius 1 is 0.891 bits per heavy atom. The van der Waals surface area contributed by atoms with E-state index in [-0.39, 0.29) is 24.3 Å². The molecule has 46 heavy (non-hydrogen) atoms. The number of carbonyl (C=O) groups excluding carboxylic acids is 2. The third kappa shape index (κ3) is 8.07. The van der Waals surface area contributed by atoms with E-state index in [0.717, 1.165) is 69.4 Å². The van der Waals surface area contributed by atoms with Crippen LogP contribution < -0.4 is 0 Å². The van der Waals surface area contributed by atoms with Crippen molar-refractivity contribution in [1.82, 2.24) is 19.8 Å². The molecule has 1 N–H and O–H groups in total. The van der Waals surface area contributed by atoms with Gasteiger partial charge >= 0.3 is 12.2 Å². The molecule has 2 aromatic heterocycles. The Morgan fingerprint density at radius 2 is 1.50 bits per heavy atom. The Labute approximate surface area is 276 Å². The van der Waals surface area contributed by atoms with E-state index in [9.17, 15) is 9.59 Å². The predicted molar refractivity (Wildman–Crippen MR) is 185 cm³/mol. The van der Waals surface area contributed by atoms with E-state index in [1.807, 2.05) is 60.9 Å². The quantitative estimate of drug-likeness (QED) is 0.270. The van der Waals surface area contributed by atoms with Gasteiger partial charge in [0, 0.05) is 29.9 Å². The van der Waals surface area contributed by atoms with E-state index < -0.39 is 11.2 Å². The normalized spacial score (nSPS) is 19.6. The number of carbonyl (C=O) groups is 2. The maximum Gasteiger partial charge on any atom is 0.410 e. The van der Waals surface area contributed by atoms with Crippen LogP contribution in [0.1, 0.15) is 98.5 Å². The molecule has 246 valence electrons. The zero-order valence-electron chi connectivity index (χ0n) is 28.3. The van der Waals surface area contributed by atoms with Crippen LogP contribution in [0.15, 0.2) is 53.8 Å². The summed E-state index contributed by atoms with van der Waals surface area (Å²) >= 11 is 1.70. The van der Waals surface area contributed by atoms with Gasteiger partial charge in [0.05, 0.1) is 28.9 Å². The summed E-state index contributed by atoms with van der Waals surface area (Å²) in [6.45, 7) is 16.7. The van der Waals surface area contributed by atoms with Crippen LogP contribution in [0.2, 0.25) is 0 Å². The highest BCUT2D eigenvalue weighted by Crippen LogP contribution is 2.37. The van der Waals surface area contributed by atoms with Gasteiger partial charge in [-0.1, -0.05) is 24.3 Å². The lowest BCUT2D eigenvalue weighted by Gasteiger charge is -2.28. The Hall–Kier alpha value is -3.92. The Bertz CT molecular complexity index is 1610. The molecular formula is C36H47N5O4S. The number of likely N-dealkylation sites (tertiary alicyclic amines) is 2. The lowest BCUT2D eigenvalue weighted by Crippen LogP contribution is -2.42. The Morgan fingerprint density at radius 3 is 2.17 bits per heavy atom. The van der Waals surface area contributed by atoms with Crippen LogP contribution in [0.25, 0.3) is 26.6 Å². The summed E-state index contributed by atoms with van der Waals surface area (Å²) in [6, 6.07) is 12.6. The van der Waals surface area contributed by atoms with E-state index in [2.05, 4.69) is 53.3 Å². The van der Waals surface area contributed by atoms with Crippen LogP contribution in [0.4, 0.5) is 9.59 Å². The first-order valence-corrected chi connectivity index (χ1v) is 17.0. The molecule has 0 bridgehead atoms. The first-order chi connectivity index (χ1) is 21.7. The number of allylic oxidation sites excluding steroid dienone is 1. The van der Waals surface area contributed by atoms with Crippen LogP contribution >= 0.6 is 11.3 Å². The van der Waals surface area contributed by atoms with Crippen LogP contribution in [0.3, 0.4) is 0 Å². The number of rotatable bonds is 6. The van der Waals surface area contributed by atoms with Crippen molar-refractivity contribution < 1.29 is 19.1 Å². The van der Waals surface area contributed by atoms with E-state index in [1.54, 1.807) is 21.1 Å². The van der Waals surface area contributed by atoms with Crippen LogP contribution in [0.5, 0.6) is 0 Å². The van der Waals surface area contributed by atoms with Crippen LogP contribution in [-0.4, -0.2) is 68.0 Å². The van der Waals surface area contributed by atoms with Gasteiger partial charge in [0.1, 0.15) is 17.0 Å². The zero-order valence-corrected chi connectivity index (χ0v) is 29.2. The number of H-pyrrole nitrogens is 1. The van der Waals surface area contributed by atoms with E-state index in [4.69, 9.17) is 14.5 Å². The largest absolute Gasteiger partial charge is 0.444 e. The van der Waals surface area contributed by atoms with Crippen molar-refractivity contribution in [3.63, 3.8) is 0 Å². The van der Waals surface area contributed by atoms with Crippen LogP contribution in [-0.2, 0) is 9.47 Å². The topological polar surface area (TPSA) is 100 Å².